The van der Waals surface area contributed by atoms with Gasteiger partial charge in [-0.25, -0.2) is 10.2 Å². The van der Waals surface area contributed by atoms with E-state index in [-0.39, 0.29) is 30.4 Å². The molecule has 2 amide bonds. The van der Waals surface area contributed by atoms with Crippen LogP contribution >= 0.6 is 0 Å². The second kappa shape index (κ2) is 11.6. The van der Waals surface area contributed by atoms with Crippen LogP contribution < -0.4 is 15.5 Å². The van der Waals surface area contributed by atoms with Crippen molar-refractivity contribution < 1.29 is 24.0 Å². The molecule has 0 aliphatic carbocycles. The predicted molar refractivity (Wildman–Crippen MR) is 130 cm³/mol. The first-order valence-corrected chi connectivity index (χ1v) is 10.9. The number of nitro benzene ring substituents is 1. The highest BCUT2D eigenvalue weighted by Gasteiger charge is 2.23. The summed E-state index contributed by atoms with van der Waals surface area (Å²) in [6.45, 7) is 4.02. The molecule has 0 fully saturated rings. The molecule has 1 heterocycles. The summed E-state index contributed by atoms with van der Waals surface area (Å²) in [5.41, 5.74) is 4.28. The Morgan fingerprint density at radius 3 is 2.71 bits per heavy atom. The Kier molecular flexibility index (Phi) is 8.38. The fourth-order valence-corrected chi connectivity index (χ4v) is 3.33. The number of carbonyl (C=O) groups is 2. The van der Waals surface area contributed by atoms with Gasteiger partial charge in [0.15, 0.2) is 5.75 Å². The van der Waals surface area contributed by atoms with E-state index in [0.29, 0.717) is 5.56 Å². The highest BCUT2D eigenvalue weighted by atomic mass is 16.6. The number of hydrazone groups is 1. The van der Waals surface area contributed by atoms with Crippen LogP contribution in [0.15, 0.2) is 53.8 Å². The number of aromatic nitrogens is 1. The molecule has 0 aliphatic rings. The molecule has 0 unspecified atom stereocenters. The normalized spacial score (nSPS) is 12.0. The minimum atomic E-state index is -0.976. The molecule has 35 heavy (non-hydrogen) atoms. The number of carbonyl (C=O) groups excluding carboxylic acids is 2. The van der Waals surface area contributed by atoms with E-state index >= 15 is 0 Å². The molecular formula is C24H27N5O6. The molecule has 0 radical (unpaired) electrons. The molecule has 0 saturated carbocycles. The average Bonchev–Trinajstić information content (AvgIpc) is 3.25. The van der Waals surface area contributed by atoms with Crippen molar-refractivity contribution in [1.29, 1.82) is 0 Å². The van der Waals surface area contributed by atoms with Crippen molar-refractivity contribution in [3.05, 3.63) is 69.9 Å². The number of hydrogen-bond acceptors (Lipinski definition) is 7. The van der Waals surface area contributed by atoms with Crippen molar-refractivity contribution in [3.63, 3.8) is 0 Å². The predicted octanol–water partition coefficient (Wildman–Crippen LogP) is 3.53. The van der Waals surface area contributed by atoms with Crippen LogP contribution in [0.2, 0.25) is 0 Å². The molecule has 184 valence electrons. The van der Waals surface area contributed by atoms with Crippen LogP contribution in [0.5, 0.6) is 5.75 Å². The first kappa shape index (κ1) is 25.2. The van der Waals surface area contributed by atoms with Crippen molar-refractivity contribution in [2.24, 2.45) is 11.0 Å². The summed E-state index contributed by atoms with van der Waals surface area (Å²) in [4.78, 5) is 39.0. The zero-order valence-electron chi connectivity index (χ0n) is 19.6. The van der Waals surface area contributed by atoms with Gasteiger partial charge in [-0.15, -0.1) is 0 Å². The lowest BCUT2D eigenvalue weighted by Crippen LogP contribution is -2.47. The second-order valence-corrected chi connectivity index (χ2v) is 8.18. The van der Waals surface area contributed by atoms with Gasteiger partial charge in [-0.1, -0.05) is 32.0 Å². The van der Waals surface area contributed by atoms with Crippen LogP contribution in [0.25, 0.3) is 10.9 Å². The first-order chi connectivity index (χ1) is 16.8. The molecule has 1 aromatic heterocycles. The highest BCUT2D eigenvalue weighted by molar-refractivity contribution is 5.89. The Bertz CT molecular complexity index is 1240. The summed E-state index contributed by atoms with van der Waals surface area (Å²) in [5, 5.41) is 18.6. The lowest BCUT2D eigenvalue weighted by atomic mass is 10.0. The third-order valence-electron chi connectivity index (χ3n) is 5.04. The Hall–Kier alpha value is -4.41. The molecule has 3 rings (SSSR count). The van der Waals surface area contributed by atoms with E-state index in [0.717, 1.165) is 16.5 Å². The van der Waals surface area contributed by atoms with E-state index in [1.165, 1.54) is 25.5 Å². The Morgan fingerprint density at radius 1 is 1.23 bits per heavy atom. The number of nitro groups is 1. The van der Waals surface area contributed by atoms with Crippen LogP contribution in [0.4, 0.5) is 10.5 Å². The van der Waals surface area contributed by atoms with Crippen LogP contribution in [0, 0.1) is 16.0 Å². The molecule has 1 atom stereocenters. The number of nitrogens with one attached hydrogen (secondary N) is 3. The van der Waals surface area contributed by atoms with Gasteiger partial charge in [0, 0.05) is 35.2 Å². The van der Waals surface area contributed by atoms with Crippen molar-refractivity contribution in [2.45, 2.75) is 26.3 Å². The summed E-state index contributed by atoms with van der Waals surface area (Å²) in [5.74, 6) is -0.324. The number of fused-ring (bicyclic) bond motifs is 1. The van der Waals surface area contributed by atoms with Crippen LogP contribution in [-0.2, 0) is 16.0 Å². The average molecular weight is 482 g/mol. The number of benzene rings is 2. The van der Waals surface area contributed by atoms with Gasteiger partial charge in [-0.3, -0.25) is 14.9 Å². The van der Waals surface area contributed by atoms with Gasteiger partial charge in [0.25, 0.3) is 5.91 Å². The molecule has 11 nitrogen and oxygen atoms in total. The molecule has 0 aliphatic heterocycles. The fraction of sp³-hybridized carbons (Fsp3) is 0.292. The highest BCUT2D eigenvalue weighted by Crippen LogP contribution is 2.26. The molecule has 3 aromatic rings. The van der Waals surface area contributed by atoms with E-state index < -0.39 is 23.0 Å². The van der Waals surface area contributed by atoms with Gasteiger partial charge in [-0.05, 0) is 29.7 Å². The lowest BCUT2D eigenvalue weighted by Gasteiger charge is -2.17. The van der Waals surface area contributed by atoms with Crippen molar-refractivity contribution >= 4 is 34.8 Å². The molecule has 0 spiro atoms. The summed E-state index contributed by atoms with van der Waals surface area (Å²) in [6, 6.07) is 10.9. The van der Waals surface area contributed by atoms with Gasteiger partial charge in [0.1, 0.15) is 6.04 Å². The third-order valence-corrected chi connectivity index (χ3v) is 5.04. The van der Waals surface area contributed by atoms with Crippen molar-refractivity contribution in [2.75, 3.05) is 13.7 Å². The number of aromatic amines is 1. The number of ether oxygens (including phenoxy) is 2. The first-order valence-electron chi connectivity index (χ1n) is 10.9. The van der Waals surface area contributed by atoms with E-state index in [1.807, 2.05) is 38.1 Å². The summed E-state index contributed by atoms with van der Waals surface area (Å²) >= 11 is 0. The maximum Gasteiger partial charge on any atom is 0.407 e. The second-order valence-electron chi connectivity index (χ2n) is 8.18. The van der Waals surface area contributed by atoms with E-state index in [4.69, 9.17) is 9.47 Å². The van der Waals surface area contributed by atoms with Crippen LogP contribution in [0.3, 0.4) is 0 Å². The lowest BCUT2D eigenvalue weighted by molar-refractivity contribution is -0.385. The molecule has 3 N–H and O–H groups in total. The zero-order chi connectivity index (χ0) is 25.4. The van der Waals surface area contributed by atoms with Gasteiger partial charge in [0.2, 0.25) is 0 Å². The van der Waals surface area contributed by atoms with Gasteiger partial charge in [-0.2, -0.15) is 5.10 Å². The Balaban J connectivity index is 1.75. The maximum absolute atomic E-state index is 12.9. The maximum atomic E-state index is 12.9. The molecular weight excluding hydrogens is 454 g/mol. The minimum absolute atomic E-state index is 0.110. The van der Waals surface area contributed by atoms with Crippen LogP contribution in [-0.4, -0.2) is 47.9 Å². The van der Waals surface area contributed by atoms with E-state index in [9.17, 15) is 19.7 Å². The summed E-state index contributed by atoms with van der Waals surface area (Å²) in [6.07, 6.45) is 2.53. The summed E-state index contributed by atoms with van der Waals surface area (Å²) in [7, 11) is 1.34. The smallest absolute Gasteiger partial charge is 0.407 e. The SMILES string of the molecule is COc1ccc(/C=N\NC(=O)[C@@H](Cc2c[nH]c3ccccc23)NC(=O)OCC(C)C)cc1[N+](=O)[O-]. The number of para-hydroxylation sites is 1. The monoisotopic (exact) mass is 481 g/mol. The number of nitrogens with zero attached hydrogens (tertiary/aromatic N) is 2. The van der Waals surface area contributed by atoms with Gasteiger partial charge >= 0.3 is 11.8 Å². The number of hydrogen-bond donors (Lipinski definition) is 3. The molecule has 0 saturated heterocycles. The standard InChI is InChI=1S/C24H27N5O6/c1-15(2)14-35-24(31)27-20(11-17-13-25-19-7-5-4-6-18(17)19)23(30)28-26-12-16-8-9-22(34-3)21(10-16)29(32)33/h4-10,12-13,15,20,25H,11,14H2,1-3H3,(H,27,31)(H,28,30)/b26-12-/t20-/m1/s1. The topological polar surface area (TPSA) is 148 Å². The van der Waals surface area contributed by atoms with Gasteiger partial charge < -0.3 is 19.8 Å². The number of H-pyrrole nitrogens is 1. The Labute approximate surface area is 201 Å². The van der Waals surface area contributed by atoms with Crippen LogP contribution in [0.1, 0.15) is 25.0 Å². The number of rotatable bonds is 10. The molecule has 0 bridgehead atoms. The fourth-order valence-electron chi connectivity index (χ4n) is 3.33. The quantitative estimate of drug-likeness (QED) is 0.229. The largest absolute Gasteiger partial charge is 0.490 e. The summed E-state index contributed by atoms with van der Waals surface area (Å²) < 4.78 is 10.1. The number of alkyl carbamates (subject to hydrolysis) is 1. The third kappa shape index (κ3) is 6.79. The van der Waals surface area contributed by atoms with Crippen molar-refractivity contribution in [1.82, 2.24) is 15.7 Å². The molecule has 2 aromatic carbocycles. The molecule has 11 heteroatoms. The number of methoxy groups -OCH3 is 1. The Morgan fingerprint density at radius 2 is 2.00 bits per heavy atom. The van der Waals surface area contributed by atoms with E-state index in [2.05, 4.69) is 20.8 Å². The van der Waals surface area contributed by atoms with Crippen molar-refractivity contribution in [3.8, 4) is 5.75 Å². The van der Waals surface area contributed by atoms with E-state index in [1.54, 1.807) is 12.3 Å². The minimum Gasteiger partial charge on any atom is -0.490 e. The zero-order valence-corrected chi connectivity index (χ0v) is 19.6. The van der Waals surface area contributed by atoms with Gasteiger partial charge in [0.05, 0.1) is 24.9 Å². The number of amides is 2.